The van der Waals surface area contributed by atoms with E-state index >= 15 is 0 Å². The molecule has 0 saturated heterocycles. The van der Waals surface area contributed by atoms with Crippen LogP contribution in [0.5, 0.6) is 0 Å². The maximum Gasteiger partial charge on any atom is 0.318 e. The average Bonchev–Trinajstić information content (AvgIpc) is 2.42. The van der Waals surface area contributed by atoms with E-state index in [-0.39, 0.29) is 5.69 Å². The van der Waals surface area contributed by atoms with Crippen LogP contribution in [0.2, 0.25) is 0 Å². The number of nitro benzene ring substituents is 1. The first-order valence-corrected chi connectivity index (χ1v) is 6.26. The number of carboxylic acid groups (broad SMARTS) is 1. The van der Waals surface area contributed by atoms with Crippen molar-refractivity contribution >= 4 is 11.7 Å². The Bertz CT molecular complexity index is 597. The van der Waals surface area contributed by atoms with Gasteiger partial charge in [0, 0.05) is 31.4 Å². The highest BCUT2D eigenvalue weighted by atomic mass is 16.6. The summed E-state index contributed by atoms with van der Waals surface area (Å²) in [6, 6.07) is 5.88. The third-order valence-corrected chi connectivity index (χ3v) is 3.85. The summed E-state index contributed by atoms with van der Waals surface area (Å²) in [4.78, 5) is 24.1. The lowest BCUT2D eigenvalue weighted by Crippen LogP contribution is -2.41. The maximum absolute atomic E-state index is 11.8. The zero-order valence-corrected chi connectivity index (χ0v) is 11.4. The molecular weight excluding hydrogens is 260 g/mol. The van der Waals surface area contributed by atoms with Crippen LogP contribution in [0.25, 0.3) is 0 Å². The van der Waals surface area contributed by atoms with Crippen molar-refractivity contribution < 1.29 is 14.8 Å². The van der Waals surface area contributed by atoms with Gasteiger partial charge in [-0.1, -0.05) is 12.1 Å². The maximum atomic E-state index is 11.8. The van der Waals surface area contributed by atoms with Crippen LogP contribution in [0, 0.1) is 10.1 Å². The quantitative estimate of drug-likeness (QED) is 0.675. The third kappa shape index (κ3) is 2.24. The minimum atomic E-state index is -1.19. The molecule has 1 aromatic carbocycles. The van der Waals surface area contributed by atoms with Gasteiger partial charge in [0.2, 0.25) is 0 Å². The molecule has 0 amide bonds. The first kappa shape index (κ1) is 14.0. The second-order valence-electron chi connectivity index (χ2n) is 5.04. The van der Waals surface area contributed by atoms with Gasteiger partial charge in [0.25, 0.3) is 5.69 Å². The summed E-state index contributed by atoms with van der Waals surface area (Å²) in [6.07, 6.45) is 2.06. The van der Waals surface area contributed by atoms with E-state index in [4.69, 9.17) is 0 Å². The monoisotopic (exact) mass is 276 g/mol. The van der Waals surface area contributed by atoms with E-state index in [9.17, 15) is 20.0 Å². The molecule has 1 aromatic rings. The molecule has 0 saturated carbocycles. The second kappa shape index (κ2) is 4.96. The molecule has 6 heteroatoms. The molecule has 106 valence electrons. The lowest BCUT2D eigenvalue weighted by molar-refractivity contribution is -0.384. The molecule has 6 nitrogen and oxygen atoms in total. The van der Waals surface area contributed by atoms with Crippen molar-refractivity contribution in [3.63, 3.8) is 0 Å². The van der Waals surface area contributed by atoms with Crippen LogP contribution >= 0.6 is 0 Å². The number of non-ortho nitro benzene ring substituents is 1. The molecular formula is C14H16N2O4. The molecule has 0 spiro atoms. The molecule has 1 N–H and O–H groups in total. The number of aliphatic carboxylic acids is 1. The van der Waals surface area contributed by atoms with Gasteiger partial charge in [-0.2, -0.15) is 0 Å². The number of rotatable bonds is 3. The molecule has 0 bridgehead atoms. The number of carboxylic acids is 1. The van der Waals surface area contributed by atoms with E-state index in [1.807, 2.05) is 18.9 Å². The van der Waals surface area contributed by atoms with E-state index in [1.54, 1.807) is 12.1 Å². The zero-order chi connectivity index (χ0) is 14.9. The van der Waals surface area contributed by atoms with E-state index in [2.05, 4.69) is 0 Å². The van der Waals surface area contributed by atoms with Gasteiger partial charge in [-0.3, -0.25) is 14.9 Å². The minimum Gasteiger partial charge on any atom is -0.480 e. The summed E-state index contributed by atoms with van der Waals surface area (Å²) in [6.45, 7) is 2.44. The molecule has 1 heterocycles. The zero-order valence-electron chi connectivity index (χ0n) is 11.4. The third-order valence-electron chi connectivity index (χ3n) is 3.85. The van der Waals surface area contributed by atoms with Crippen LogP contribution in [0.3, 0.4) is 0 Å². The number of allylic oxidation sites excluding steroid dienone is 1. The Morgan fingerprint density at radius 3 is 2.75 bits per heavy atom. The van der Waals surface area contributed by atoms with Gasteiger partial charge < -0.3 is 10.0 Å². The Morgan fingerprint density at radius 2 is 2.20 bits per heavy atom. The fourth-order valence-electron chi connectivity index (χ4n) is 2.48. The standard InChI is InChI=1S/C14H16N2O4/c1-10-9-14(13(17)18,6-7-15(10)2)11-4-3-5-12(8-11)16(19)20/h3-5,8-9H,6-7H2,1-2H3,(H,17,18). The van der Waals surface area contributed by atoms with E-state index < -0.39 is 16.3 Å². The van der Waals surface area contributed by atoms with E-state index in [1.165, 1.54) is 18.2 Å². The molecule has 0 fully saturated rings. The van der Waals surface area contributed by atoms with Gasteiger partial charge in [0.05, 0.1) is 4.92 Å². The molecule has 1 unspecified atom stereocenters. The Kier molecular flexibility index (Phi) is 3.48. The van der Waals surface area contributed by atoms with Crippen molar-refractivity contribution in [1.82, 2.24) is 4.90 Å². The van der Waals surface area contributed by atoms with E-state index in [0.29, 0.717) is 18.5 Å². The van der Waals surface area contributed by atoms with Gasteiger partial charge in [-0.15, -0.1) is 0 Å². The molecule has 2 rings (SSSR count). The highest BCUT2D eigenvalue weighted by molar-refractivity contribution is 5.84. The highest BCUT2D eigenvalue weighted by Gasteiger charge is 2.41. The number of nitrogens with zero attached hydrogens (tertiary/aromatic N) is 2. The van der Waals surface area contributed by atoms with Gasteiger partial charge in [0.15, 0.2) is 0 Å². The first-order chi connectivity index (χ1) is 9.36. The molecule has 0 radical (unpaired) electrons. The Hall–Kier alpha value is -2.37. The summed E-state index contributed by atoms with van der Waals surface area (Å²) in [7, 11) is 1.89. The fourth-order valence-corrected chi connectivity index (χ4v) is 2.48. The van der Waals surface area contributed by atoms with Gasteiger partial charge in [-0.25, -0.2) is 0 Å². The van der Waals surface area contributed by atoms with Crippen LogP contribution in [-0.2, 0) is 10.2 Å². The smallest absolute Gasteiger partial charge is 0.318 e. The number of hydrogen-bond donors (Lipinski definition) is 1. The predicted octanol–water partition coefficient (Wildman–Crippen LogP) is 2.16. The summed E-state index contributed by atoms with van der Waals surface area (Å²) < 4.78 is 0. The van der Waals surface area contributed by atoms with Crippen LogP contribution < -0.4 is 0 Å². The molecule has 0 aliphatic carbocycles. The Morgan fingerprint density at radius 1 is 1.50 bits per heavy atom. The normalized spacial score (nSPS) is 22.3. The number of benzene rings is 1. The van der Waals surface area contributed by atoms with Crippen LogP contribution in [0.4, 0.5) is 5.69 Å². The number of carbonyl (C=O) groups is 1. The molecule has 0 aromatic heterocycles. The Balaban J connectivity index is 2.58. The summed E-state index contributed by atoms with van der Waals surface area (Å²) in [5.41, 5.74) is 0.0210. The molecule has 1 aliphatic rings. The second-order valence-corrected chi connectivity index (χ2v) is 5.04. The van der Waals surface area contributed by atoms with Crippen molar-refractivity contribution in [1.29, 1.82) is 0 Å². The summed E-state index contributed by atoms with van der Waals surface area (Å²) in [5.74, 6) is -0.981. The molecule has 20 heavy (non-hydrogen) atoms. The van der Waals surface area contributed by atoms with Crippen molar-refractivity contribution in [3.8, 4) is 0 Å². The summed E-state index contributed by atoms with van der Waals surface area (Å²) >= 11 is 0. The van der Waals surface area contributed by atoms with Gasteiger partial charge in [0.1, 0.15) is 5.41 Å². The number of hydrogen-bond acceptors (Lipinski definition) is 4. The first-order valence-electron chi connectivity index (χ1n) is 6.26. The Labute approximate surface area is 116 Å². The van der Waals surface area contributed by atoms with Crippen LogP contribution in [0.15, 0.2) is 36.0 Å². The lowest BCUT2D eigenvalue weighted by atomic mass is 9.75. The fraction of sp³-hybridized carbons (Fsp3) is 0.357. The van der Waals surface area contributed by atoms with Crippen LogP contribution in [-0.4, -0.2) is 34.5 Å². The molecule has 1 aliphatic heterocycles. The largest absolute Gasteiger partial charge is 0.480 e. The number of nitro groups is 1. The van der Waals surface area contributed by atoms with Crippen molar-refractivity contribution in [3.05, 3.63) is 51.7 Å². The van der Waals surface area contributed by atoms with Crippen molar-refractivity contribution in [2.24, 2.45) is 0 Å². The average molecular weight is 276 g/mol. The predicted molar refractivity (Wildman–Crippen MR) is 73.4 cm³/mol. The van der Waals surface area contributed by atoms with Gasteiger partial charge >= 0.3 is 5.97 Å². The minimum absolute atomic E-state index is 0.0897. The van der Waals surface area contributed by atoms with Crippen molar-refractivity contribution in [2.45, 2.75) is 18.8 Å². The SMILES string of the molecule is CC1=CC(C(=O)O)(c2cccc([N+](=O)[O-])c2)CCN1C. The molecule has 1 atom stereocenters. The highest BCUT2D eigenvalue weighted by Crippen LogP contribution is 2.36. The van der Waals surface area contributed by atoms with Crippen LogP contribution in [0.1, 0.15) is 18.9 Å². The topological polar surface area (TPSA) is 83.7 Å². The lowest BCUT2D eigenvalue weighted by Gasteiger charge is -2.36. The van der Waals surface area contributed by atoms with E-state index in [0.717, 1.165) is 5.70 Å². The van der Waals surface area contributed by atoms with Gasteiger partial charge in [-0.05, 0) is 25.0 Å². The van der Waals surface area contributed by atoms with Crippen molar-refractivity contribution in [2.75, 3.05) is 13.6 Å². The summed E-state index contributed by atoms with van der Waals surface area (Å²) in [5, 5.41) is 20.5.